The molecule has 0 saturated heterocycles. The molecule has 2 nitrogen and oxygen atoms in total. The van der Waals surface area contributed by atoms with E-state index < -0.39 is 6.10 Å². The number of anilines is 2. The quantitative estimate of drug-likeness (QED) is 0.870. The van der Waals surface area contributed by atoms with E-state index in [1.807, 2.05) is 19.1 Å². The van der Waals surface area contributed by atoms with E-state index in [1.165, 1.54) is 11.3 Å². The lowest BCUT2D eigenvalue weighted by Gasteiger charge is -2.33. The van der Waals surface area contributed by atoms with Gasteiger partial charge in [0.05, 0.1) is 6.10 Å². The number of aryl methyl sites for hydroxylation is 1. The molecule has 0 aliphatic carbocycles. The van der Waals surface area contributed by atoms with Crippen molar-refractivity contribution in [2.75, 3.05) is 11.4 Å². The highest BCUT2D eigenvalue weighted by atomic mass is 79.9. The second kappa shape index (κ2) is 5.58. The van der Waals surface area contributed by atoms with Gasteiger partial charge in [0.1, 0.15) is 0 Å². The van der Waals surface area contributed by atoms with E-state index in [4.69, 9.17) is 0 Å². The van der Waals surface area contributed by atoms with Gasteiger partial charge in [-0.05, 0) is 43.5 Å². The monoisotopic (exact) mass is 331 g/mol. The van der Waals surface area contributed by atoms with Crippen LogP contribution in [0.5, 0.6) is 0 Å². The van der Waals surface area contributed by atoms with Gasteiger partial charge in [-0.25, -0.2) is 0 Å². The molecule has 1 unspecified atom stereocenters. The molecule has 0 bridgehead atoms. The summed E-state index contributed by atoms with van der Waals surface area (Å²) in [6.07, 6.45) is 1.81. The lowest BCUT2D eigenvalue weighted by atomic mass is 9.99. The molecule has 20 heavy (non-hydrogen) atoms. The first-order chi connectivity index (χ1) is 9.66. The summed E-state index contributed by atoms with van der Waals surface area (Å²) in [6.45, 7) is 2.82. The Kier molecular flexibility index (Phi) is 3.81. The van der Waals surface area contributed by atoms with E-state index in [9.17, 15) is 5.11 Å². The number of halogens is 1. The highest BCUT2D eigenvalue weighted by Gasteiger charge is 2.21. The van der Waals surface area contributed by atoms with Crippen LogP contribution < -0.4 is 4.90 Å². The van der Waals surface area contributed by atoms with Crippen molar-refractivity contribution in [3.63, 3.8) is 0 Å². The second-order valence-electron chi connectivity index (χ2n) is 5.26. The summed E-state index contributed by atoms with van der Waals surface area (Å²) in [5, 5.41) is 10.0. The molecular formula is C17H18BrNO. The fourth-order valence-electron chi connectivity index (χ4n) is 2.89. The van der Waals surface area contributed by atoms with E-state index in [-0.39, 0.29) is 0 Å². The van der Waals surface area contributed by atoms with Crippen molar-refractivity contribution in [3.8, 4) is 0 Å². The molecule has 3 rings (SSSR count). The maximum atomic E-state index is 10.0. The molecule has 1 heterocycles. The van der Waals surface area contributed by atoms with Gasteiger partial charge in [0.2, 0.25) is 0 Å². The highest BCUT2D eigenvalue weighted by molar-refractivity contribution is 9.10. The number of aliphatic hydroxyl groups excluding tert-OH is 1. The van der Waals surface area contributed by atoms with Crippen molar-refractivity contribution >= 4 is 27.3 Å². The number of para-hydroxylation sites is 1. The maximum absolute atomic E-state index is 10.0. The van der Waals surface area contributed by atoms with Crippen molar-refractivity contribution in [3.05, 3.63) is 58.1 Å². The summed E-state index contributed by atoms with van der Waals surface area (Å²) in [5.41, 5.74) is 4.72. The lowest BCUT2D eigenvalue weighted by molar-refractivity contribution is 0.199. The first-order valence-electron chi connectivity index (χ1n) is 7.00. The first kappa shape index (κ1) is 13.7. The highest BCUT2D eigenvalue weighted by Crippen LogP contribution is 2.38. The summed E-state index contributed by atoms with van der Waals surface area (Å²) >= 11 is 3.54. The van der Waals surface area contributed by atoms with Gasteiger partial charge in [0.15, 0.2) is 0 Å². The Morgan fingerprint density at radius 2 is 1.95 bits per heavy atom. The number of aliphatic hydroxyl groups is 1. The number of nitrogens with zero attached hydrogens (tertiary/aromatic N) is 1. The van der Waals surface area contributed by atoms with E-state index in [0.717, 1.165) is 35.1 Å². The molecule has 104 valence electrons. The van der Waals surface area contributed by atoms with Gasteiger partial charge < -0.3 is 10.0 Å². The molecule has 3 heteroatoms. The molecule has 1 N–H and O–H groups in total. The standard InChI is InChI=1S/C17H18BrNO/c1-12(20)15-9-8-14(18)11-17(15)19-10-4-6-13-5-2-3-7-16(13)19/h2-3,5,7-9,11-12,20H,4,6,10H2,1H3. The van der Waals surface area contributed by atoms with Crippen LogP contribution in [0.1, 0.15) is 30.6 Å². The molecule has 1 aliphatic heterocycles. The molecule has 1 aliphatic rings. The van der Waals surface area contributed by atoms with Crippen molar-refractivity contribution in [1.82, 2.24) is 0 Å². The van der Waals surface area contributed by atoms with Crippen molar-refractivity contribution in [2.45, 2.75) is 25.9 Å². The van der Waals surface area contributed by atoms with E-state index in [1.54, 1.807) is 0 Å². The minimum Gasteiger partial charge on any atom is -0.389 e. The van der Waals surface area contributed by atoms with Gasteiger partial charge in [0.25, 0.3) is 0 Å². The Balaban J connectivity index is 2.12. The SMILES string of the molecule is CC(O)c1ccc(Br)cc1N1CCCc2ccccc21. The zero-order chi connectivity index (χ0) is 14.1. The van der Waals surface area contributed by atoms with Crippen LogP contribution in [0.15, 0.2) is 46.9 Å². The number of benzene rings is 2. The molecule has 0 saturated carbocycles. The largest absolute Gasteiger partial charge is 0.389 e. The van der Waals surface area contributed by atoms with Crippen molar-refractivity contribution in [1.29, 1.82) is 0 Å². The number of fused-ring (bicyclic) bond motifs is 1. The van der Waals surface area contributed by atoms with Gasteiger partial charge >= 0.3 is 0 Å². The zero-order valence-electron chi connectivity index (χ0n) is 11.5. The molecule has 2 aromatic carbocycles. The number of rotatable bonds is 2. The maximum Gasteiger partial charge on any atom is 0.0782 e. The molecule has 2 aromatic rings. The van der Waals surface area contributed by atoms with Crippen LogP contribution in [0.25, 0.3) is 0 Å². The van der Waals surface area contributed by atoms with E-state index in [0.29, 0.717) is 0 Å². The normalized spacial score (nSPS) is 15.8. The van der Waals surface area contributed by atoms with E-state index in [2.05, 4.69) is 51.2 Å². The number of hydrogen-bond donors (Lipinski definition) is 1. The predicted octanol–water partition coefficient (Wildman–Crippen LogP) is 4.59. The molecule has 0 fully saturated rings. The van der Waals surface area contributed by atoms with Crippen molar-refractivity contribution < 1.29 is 5.11 Å². The van der Waals surface area contributed by atoms with Crippen LogP contribution >= 0.6 is 15.9 Å². The topological polar surface area (TPSA) is 23.5 Å². The Morgan fingerprint density at radius 1 is 1.15 bits per heavy atom. The summed E-state index contributed by atoms with van der Waals surface area (Å²) in [7, 11) is 0. The van der Waals surface area contributed by atoms with Crippen LogP contribution in [-0.2, 0) is 6.42 Å². The van der Waals surface area contributed by atoms with Crippen LogP contribution in [0.2, 0.25) is 0 Å². The first-order valence-corrected chi connectivity index (χ1v) is 7.79. The van der Waals surface area contributed by atoms with Gasteiger partial charge in [0, 0.05) is 28.0 Å². The third kappa shape index (κ3) is 2.48. The third-order valence-corrected chi connectivity index (χ3v) is 4.34. The summed E-state index contributed by atoms with van der Waals surface area (Å²) in [6, 6.07) is 14.6. The van der Waals surface area contributed by atoms with Crippen LogP contribution in [0, 0.1) is 0 Å². The van der Waals surface area contributed by atoms with Crippen LogP contribution in [0.3, 0.4) is 0 Å². The molecule has 0 spiro atoms. The molecule has 1 atom stereocenters. The molecular weight excluding hydrogens is 314 g/mol. The zero-order valence-corrected chi connectivity index (χ0v) is 13.1. The minimum absolute atomic E-state index is 0.466. The smallest absolute Gasteiger partial charge is 0.0782 e. The summed E-state index contributed by atoms with van der Waals surface area (Å²) in [4.78, 5) is 2.33. The fourth-order valence-corrected chi connectivity index (χ4v) is 3.24. The Morgan fingerprint density at radius 3 is 2.75 bits per heavy atom. The van der Waals surface area contributed by atoms with Crippen LogP contribution in [0.4, 0.5) is 11.4 Å². The molecule has 0 aromatic heterocycles. The average Bonchev–Trinajstić information content (AvgIpc) is 2.46. The van der Waals surface area contributed by atoms with E-state index >= 15 is 0 Å². The average molecular weight is 332 g/mol. The third-order valence-electron chi connectivity index (χ3n) is 3.84. The Bertz CT molecular complexity index is 624. The Hall–Kier alpha value is -1.32. The molecule has 0 radical (unpaired) electrons. The molecule has 0 amide bonds. The summed E-state index contributed by atoms with van der Waals surface area (Å²) < 4.78 is 1.04. The fraction of sp³-hybridized carbons (Fsp3) is 0.294. The van der Waals surface area contributed by atoms with Gasteiger partial charge in [-0.3, -0.25) is 0 Å². The lowest BCUT2D eigenvalue weighted by Crippen LogP contribution is -2.25. The summed E-state index contributed by atoms with van der Waals surface area (Å²) in [5.74, 6) is 0. The Labute approximate surface area is 128 Å². The number of hydrogen-bond acceptors (Lipinski definition) is 2. The van der Waals surface area contributed by atoms with Gasteiger partial charge in [-0.15, -0.1) is 0 Å². The van der Waals surface area contributed by atoms with Gasteiger partial charge in [-0.2, -0.15) is 0 Å². The predicted molar refractivity (Wildman–Crippen MR) is 86.5 cm³/mol. The van der Waals surface area contributed by atoms with Gasteiger partial charge in [-0.1, -0.05) is 40.2 Å². The van der Waals surface area contributed by atoms with Crippen molar-refractivity contribution in [2.24, 2.45) is 0 Å². The van der Waals surface area contributed by atoms with Crippen LogP contribution in [-0.4, -0.2) is 11.7 Å². The minimum atomic E-state index is -0.466. The second-order valence-corrected chi connectivity index (χ2v) is 6.18.